The van der Waals surface area contributed by atoms with Crippen molar-refractivity contribution in [1.29, 1.82) is 0 Å². The van der Waals surface area contributed by atoms with Crippen LogP contribution >= 0.6 is 0 Å². The predicted molar refractivity (Wildman–Crippen MR) is 85.7 cm³/mol. The van der Waals surface area contributed by atoms with Gasteiger partial charge in [0.25, 0.3) is 0 Å². The van der Waals surface area contributed by atoms with Gasteiger partial charge in [0.2, 0.25) is 5.91 Å². The van der Waals surface area contributed by atoms with E-state index in [-0.39, 0.29) is 5.91 Å². The second kappa shape index (κ2) is 7.83. The first-order chi connectivity index (χ1) is 11.3. The largest absolute Gasteiger partial charge is 0.433 e. The first-order valence-corrected chi connectivity index (χ1v) is 7.98. The average molecular weight is 344 g/mol. The highest BCUT2D eigenvalue weighted by Crippen LogP contribution is 2.29. The third-order valence-corrected chi connectivity index (χ3v) is 4.30. The van der Waals surface area contributed by atoms with E-state index >= 15 is 0 Å². The van der Waals surface area contributed by atoms with Crippen molar-refractivity contribution in [3.05, 3.63) is 23.9 Å². The van der Waals surface area contributed by atoms with Crippen LogP contribution in [0.5, 0.6) is 0 Å². The van der Waals surface area contributed by atoms with E-state index in [0.29, 0.717) is 24.8 Å². The van der Waals surface area contributed by atoms with Crippen LogP contribution in [0.15, 0.2) is 18.2 Å². The standard InChI is InChI=1S/C16H23F3N4O/c1-20-15(24)11-23-8-6-12(7-9-23)10-22(2)14-5-3-4-13(21-14)16(17,18)19/h3-5,12H,6-11H2,1-2H3,(H,20,24). The van der Waals surface area contributed by atoms with Crippen LogP contribution in [0.4, 0.5) is 19.0 Å². The fourth-order valence-corrected chi connectivity index (χ4v) is 2.88. The van der Waals surface area contributed by atoms with Gasteiger partial charge in [0.1, 0.15) is 11.5 Å². The summed E-state index contributed by atoms with van der Waals surface area (Å²) in [6.45, 7) is 2.69. The minimum atomic E-state index is -4.43. The topological polar surface area (TPSA) is 48.5 Å². The SMILES string of the molecule is CNC(=O)CN1CCC(CN(C)c2cccc(C(F)(F)F)n2)CC1. The molecule has 5 nitrogen and oxygen atoms in total. The zero-order valence-corrected chi connectivity index (χ0v) is 13.9. The molecule has 24 heavy (non-hydrogen) atoms. The van der Waals surface area contributed by atoms with Crippen LogP contribution in [0.2, 0.25) is 0 Å². The fourth-order valence-electron chi connectivity index (χ4n) is 2.88. The zero-order chi connectivity index (χ0) is 17.7. The summed E-state index contributed by atoms with van der Waals surface area (Å²) in [5.41, 5.74) is -0.868. The third-order valence-electron chi connectivity index (χ3n) is 4.30. The maximum atomic E-state index is 12.7. The molecule has 0 unspecified atom stereocenters. The van der Waals surface area contributed by atoms with Crippen molar-refractivity contribution >= 4 is 11.7 Å². The van der Waals surface area contributed by atoms with Crippen molar-refractivity contribution in [2.45, 2.75) is 19.0 Å². The van der Waals surface area contributed by atoms with Gasteiger partial charge < -0.3 is 10.2 Å². The van der Waals surface area contributed by atoms with Crippen LogP contribution in [-0.2, 0) is 11.0 Å². The number of aromatic nitrogens is 1. The Balaban J connectivity index is 1.88. The number of carbonyl (C=O) groups excluding carboxylic acids is 1. The molecular formula is C16H23F3N4O. The van der Waals surface area contributed by atoms with Gasteiger partial charge in [0.15, 0.2) is 0 Å². The number of nitrogens with one attached hydrogen (secondary N) is 1. The molecule has 2 heterocycles. The Morgan fingerprint density at radius 1 is 1.38 bits per heavy atom. The first kappa shape index (κ1) is 18.5. The minimum Gasteiger partial charge on any atom is -0.359 e. The summed E-state index contributed by atoms with van der Waals surface area (Å²) >= 11 is 0. The first-order valence-electron chi connectivity index (χ1n) is 7.98. The monoisotopic (exact) mass is 344 g/mol. The number of hydrogen-bond donors (Lipinski definition) is 1. The second-order valence-electron chi connectivity index (χ2n) is 6.15. The molecule has 0 aromatic carbocycles. The van der Waals surface area contributed by atoms with Gasteiger partial charge in [-0.2, -0.15) is 13.2 Å². The van der Waals surface area contributed by atoms with Gasteiger partial charge in [-0.1, -0.05) is 6.07 Å². The molecular weight excluding hydrogens is 321 g/mol. The van der Waals surface area contributed by atoms with E-state index in [9.17, 15) is 18.0 Å². The van der Waals surface area contributed by atoms with E-state index < -0.39 is 11.9 Å². The number of pyridine rings is 1. The van der Waals surface area contributed by atoms with E-state index in [4.69, 9.17) is 0 Å². The Morgan fingerprint density at radius 3 is 2.62 bits per heavy atom. The van der Waals surface area contributed by atoms with E-state index in [1.165, 1.54) is 6.07 Å². The third kappa shape index (κ3) is 5.09. The molecule has 0 aliphatic carbocycles. The number of halogens is 3. The maximum Gasteiger partial charge on any atom is 0.433 e. The van der Waals surface area contributed by atoms with Gasteiger partial charge in [-0.3, -0.25) is 9.69 Å². The lowest BCUT2D eigenvalue weighted by atomic mass is 9.96. The lowest BCUT2D eigenvalue weighted by Crippen LogP contribution is -2.42. The summed E-state index contributed by atoms with van der Waals surface area (Å²) in [5.74, 6) is 0.712. The molecule has 8 heteroatoms. The number of likely N-dealkylation sites (N-methyl/N-ethyl adjacent to an activating group) is 1. The number of carbonyl (C=O) groups is 1. The summed E-state index contributed by atoms with van der Waals surface area (Å²) in [4.78, 5) is 19.0. The van der Waals surface area contributed by atoms with Crippen LogP contribution < -0.4 is 10.2 Å². The van der Waals surface area contributed by atoms with Gasteiger partial charge in [0, 0.05) is 20.6 Å². The van der Waals surface area contributed by atoms with E-state index in [1.54, 1.807) is 25.1 Å². The van der Waals surface area contributed by atoms with Gasteiger partial charge >= 0.3 is 6.18 Å². The number of nitrogens with zero attached hydrogens (tertiary/aromatic N) is 3. The van der Waals surface area contributed by atoms with Gasteiger partial charge in [-0.05, 0) is 44.0 Å². The smallest absolute Gasteiger partial charge is 0.359 e. The molecule has 134 valence electrons. The highest BCUT2D eigenvalue weighted by atomic mass is 19.4. The molecule has 1 saturated heterocycles. The van der Waals surface area contributed by atoms with Crippen molar-refractivity contribution in [1.82, 2.24) is 15.2 Å². The molecule has 1 aromatic rings. The molecule has 0 saturated carbocycles. The molecule has 1 fully saturated rings. The van der Waals surface area contributed by atoms with Crippen LogP contribution in [0.1, 0.15) is 18.5 Å². The van der Waals surface area contributed by atoms with E-state index in [1.807, 2.05) is 0 Å². The van der Waals surface area contributed by atoms with Crippen LogP contribution in [0, 0.1) is 5.92 Å². The van der Waals surface area contributed by atoms with Crippen molar-refractivity contribution in [3.63, 3.8) is 0 Å². The normalized spacial score (nSPS) is 16.9. The maximum absolute atomic E-state index is 12.7. The Kier molecular flexibility index (Phi) is 6.04. The molecule has 0 spiro atoms. The van der Waals surface area contributed by atoms with E-state index in [2.05, 4.69) is 15.2 Å². The summed E-state index contributed by atoms with van der Waals surface area (Å²) in [6, 6.07) is 3.96. The molecule has 1 aliphatic rings. The van der Waals surface area contributed by atoms with Crippen molar-refractivity contribution in [2.24, 2.45) is 5.92 Å². The van der Waals surface area contributed by atoms with Crippen LogP contribution in [-0.4, -0.2) is 56.1 Å². The quantitative estimate of drug-likeness (QED) is 0.888. The van der Waals surface area contributed by atoms with Gasteiger partial charge in [-0.15, -0.1) is 0 Å². The molecule has 0 radical (unpaired) electrons. The van der Waals surface area contributed by atoms with Gasteiger partial charge in [0.05, 0.1) is 6.54 Å². The molecule has 2 rings (SSSR count). The summed E-state index contributed by atoms with van der Waals surface area (Å²) in [5, 5.41) is 2.61. The Labute approximate surface area is 139 Å². The van der Waals surface area contributed by atoms with Crippen molar-refractivity contribution in [2.75, 3.05) is 45.2 Å². The number of alkyl halides is 3. The number of hydrogen-bond acceptors (Lipinski definition) is 4. The fraction of sp³-hybridized carbons (Fsp3) is 0.625. The predicted octanol–water partition coefficient (Wildman–Crippen LogP) is 1.99. The molecule has 1 aliphatic heterocycles. The average Bonchev–Trinajstić information content (AvgIpc) is 2.56. The molecule has 1 amide bonds. The highest BCUT2D eigenvalue weighted by molar-refractivity contribution is 5.77. The van der Waals surface area contributed by atoms with Crippen molar-refractivity contribution < 1.29 is 18.0 Å². The minimum absolute atomic E-state index is 0.00117. The zero-order valence-electron chi connectivity index (χ0n) is 13.9. The number of anilines is 1. The summed E-state index contributed by atoms with van der Waals surface area (Å²) < 4.78 is 38.2. The van der Waals surface area contributed by atoms with E-state index in [0.717, 1.165) is 32.0 Å². The molecule has 0 atom stereocenters. The lowest BCUT2D eigenvalue weighted by molar-refractivity contribution is -0.141. The Bertz CT molecular complexity index is 556. The summed E-state index contributed by atoms with van der Waals surface area (Å²) in [7, 11) is 3.38. The van der Waals surface area contributed by atoms with Crippen LogP contribution in [0.3, 0.4) is 0 Å². The van der Waals surface area contributed by atoms with Crippen LogP contribution in [0.25, 0.3) is 0 Å². The lowest BCUT2D eigenvalue weighted by Gasteiger charge is -2.33. The number of amides is 1. The molecule has 0 bridgehead atoms. The number of likely N-dealkylation sites (tertiary alicyclic amines) is 1. The number of piperidine rings is 1. The molecule has 1 aromatic heterocycles. The summed E-state index contributed by atoms with van der Waals surface area (Å²) in [6.07, 6.45) is -2.59. The van der Waals surface area contributed by atoms with Gasteiger partial charge in [-0.25, -0.2) is 4.98 Å². The second-order valence-corrected chi connectivity index (χ2v) is 6.15. The molecule has 1 N–H and O–H groups in total. The Hall–Kier alpha value is -1.83. The Morgan fingerprint density at radius 2 is 2.04 bits per heavy atom. The van der Waals surface area contributed by atoms with Crippen molar-refractivity contribution in [3.8, 4) is 0 Å². The highest BCUT2D eigenvalue weighted by Gasteiger charge is 2.32. The number of rotatable bonds is 5.